The molecule has 0 N–H and O–H groups in total. The van der Waals surface area contributed by atoms with Crippen LogP contribution in [0.15, 0.2) is 16.8 Å². The molecule has 0 saturated heterocycles. The van der Waals surface area contributed by atoms with Gasteiger partial charge in [-0.15, -0.1) is 0 Å². The number of nitrogens with zero attached hydrogens (tertiary/aromatic N) is 1. The average Bonchev–Trinajstić information content (AvgIpc) is 2.98. The number of allylic oxidation sites excluding steroid dienone is 2. The van der Waals surface area contributed by atoms with E-state index in [2.05, 4.69) is 11.2 Å². The Labute approximate surface area is 144 Å². The molecule has 0 aromatic heterocycles. The highest BCUT2D eigenvalue weighted by atomic mass is 16.6. The Morgan fingerprint density at radius 1 is 1.12 bits per heavy atom. The minimum atomic E-state index is -0.804. The predicted molar refractivity (Wildman–Crippen MR) is 91.6 cm³/mol. The molecule has 0 spiro atoms. The minimum absolute atomic E-state index is 0.268. The van der Waals surface area contributed by atoms with E-state index < -0.39 is 17.9 Å². The topological polar surface area (TPSA) is 74.2 Å². The summed E-state index contributed by atoms with van der Waals surface area (Å²) in [5.41, 5.74) is 2.29. The SMILES string of the molecule is CCOC(=O)C(CCCCCC1=CCCC1=NOC)C(=O)OCC. The fourth-order valence-corrected chi connectivity index (χ4v) is 2.78. The second kappa shape index (κ2) is 11.6. The molecule has 0 aromatic rings. The molecule has 0 heterocycles. The molecule has 136 valence electrons. The Kier molecular flexibility index (Phi) is 9.80. The molecule has 1 aliphatic carbocycles. The number of hydrogen-bond acceptors (Lipinski definition) is 6. The highest BCUT2D eigenvalue weighted by Crippen LogP contribution is 2.22. The lowest BCUT2D eigenvalue weighted by Gasteiger charge is -2.14. The van der Waals surface area contributed by atoms with Crippen molar-refractivity contribution in [3.8, 4) is 0 Å². The fourth-order valence-electron chi connectivity index (χ4n) is 2.78. The van der Waals surface area contributed by atoms with Gasteiger partial charge in [-0.05, 0) is 51.5 Å². The van der Waals surface area contributed by atoms with Gasteiger partial charge in [-0.3, -0.25) is 9.59 Å². The second-order valence-corrected chi connectivity index (χ2v) is 5.64. The van der Waals surface area contributed by atoms with Crippen LogP contribution in [0.25, 0.3) is 0 Å². The van der Waals surface area contributed by atoms with Gasteiger partial charge < -0.3 is 14.3 Å². The largest absolute Gasteiger partial charge is 0.465 e. The number of carbonyl (C=O) groups excluding carboxylic acids is 2. The maximum Gasteiger partial charge on any atom is 0.320 e. The van der Waals surface area contributed by atoms with Crippen molar-refractivity contribution >= 4 is 17.7 Å². The van der Waals surface area contributed by atoms with Crippen molar-refractivity contribution < 1.29 is 23.9 Å². The molecule has 0 amide bonds. The standard InChI is InChI=1S/C18H29NO5/c1-4-23-17(20)15(18(21)24-5-2)12-8-6-7-10-14-11-9-13-16(14)19-22-3/h11,15H,4-10,12-13H2,1-3H3. The smallest absolute Gasteiger partial charge is 0.320 e. The van der Waals surface area contributed by atoms with E-state index in [1.54, 1.807) is 21.0 Å². The molecule has 0 fully saturated rings. The molecule has 6 heteroatoms. The second-order valence-electron chi connectivity index (χ2n) is 5.64. The molecule has 1 aliphatic rings. The summed E-state index contributed by atoms with van der Waals surface area (Å²) in [7, 11) is 1.56. The molecule has 0 bridgehead atoms. The van der Waals surface area contributed by atoms with E-state index in [4.69, 9.17) is 14.3 Å². The molecule has 0 unspecified atom stereocenters. The van der Waals surface area contributed by atoms with Crippen molar-refractivity contribution in [2.75, 3.05) is 20.3 Å². The van der Waals surface area contributed by atoms with E-state index in [-0.39, 0.29) is 13.2 Å². The van der Waals surface area contributed by atoms with Gasteiger partial charge in [0.05, 0.1) is 18.9 Å². The van der Waals surface area contributed by atoms with E-state index >= 15 is 0 Å². The third-order valence-corrected chi connectivity index (χ3v) is 3.93. The summed E-state index contributed by atoms with van der Waals surface area (Å²) in [6.45, 7) is 4.00. The van der Waals surface area contributed by atoms with Gasteiger partial charge in [0, 0.05) is 0 Å². The summed E-state index contributed by atoms with van der Waals surface area (Å²) in [6.07, 6.45) is 8.30. The van der Waals surface area contributed by atoms with Crippen molar-refractivity contribution in [2.45, 2.75) is 58.8 Å². The van der Waals surface area contributed by atoms with Crippen LogP contribution < -0.4 is 0 Å². The zero-order valence-corrected chi connectivity index (χ0v) is 15.0. The number of hydrogen-bond donors (Lipinski definition) is 0. The lowest BCUT2D eigenvalue weighted by molar-refractivity contribution is -0.161. The van der Waals surface area contributed by atoms with Gasteiger partial charge in [-0.1, -0.05) is 24.1 Å². The number of carbonyl (C=O) groups is 2. The van der Waals surface area contributed by atoms with Gasteiger partial charge in [0.25, 0.3) is 0 Å². The third-order valence-electron chi connectivity index (χ3n) is 3.93. The molecule has 0 radical (unpaired) electrons. The van der Waals surface area contributed by atoms with Crippen LogP contribution in [0, 0.1) is 5.92 Å². The van der Waals surface area contributed by atoms with Gasteiger partial charge in [-0.25, -0.2) is 0 Å². The summed E-state index contributed by atoms with van der Waals surface area (Å²) in [5, 5.41) is 4.05. The number of rotatable bonds is 11. The zero-order chi connectivity index (χ0) is 17.8. The van der Waals surface area contributed by atoms with Crippen LogP contribution in [0.1, 0.15) is 58.8 Å². The van der Waals surface area contributed by atoms with Gasteiger partial charge in [0.2, 0.25) is 0 Å². The Morgan fingerprint density at radius 2 is 1.79 bits per heavy atom. The summed E-state index contributed by atoms with van der Waals surface area (Å²) in [6, 6.07) is 0. The predicted octanol–water partition coefficient (Wildman–Crippen LogP) is 3.40. The number of esters is 2. The first kappa shape index (κ1) is 20.2. The number of ether oxygens (including phenoxy) is 2. The van der Waals surface area contributed by atoms with Crippen LogP contribution in [0.4, 0.5) is 0 Å². The van der Waals surface area contributed by atoms with Crippen LogP contribution in [0.5, 0.6) is 0 Å². The quantitative estimate of drug-likeness (QED) is 0.250. The van der Waals surface area contributed by atoms with Crippen LogP contribution in [-0.2, 0) is 23.9 Å². The zero-order valence-electron chi connectivity index (χ0n) is 15.0. The van der Waals surface area contributed by atoms with Crippen molar-refractivity contribution in [1.82, 2.24) is 0 Å². The molecule has 0 aromatic carbocycles. The molecule has 0 aliphatic heterocycles. The Bertz CT molecular complexity index is 452. The number of unbranched alkanes of at least 4 members (excludes halogenated alkanes) is 2. The highest BCUT2D eigenvalue weighted by Gasteiger charge is 2.28. The molecule has 24 heavy (non-hydrogen) atoms. The first-order valence-electron chi connectivity index (χ1n) is 8.76. The van der Waals surface area contributed by atoms with Gasteiger partial charge in [0.15, 0.2) is 5.92 Å². The Balaban J connectivity index is 2.35. The Morgan fingerprint density at radius 3 is 2.38 bits per heavy atom. The minimum Gasteiger partial charge on any atom is -0.465 e. The molecule has 0 saturated carbocycles. The maximum absolute atomic E-state index is 11.9. The number of oxime groups is 1. The lowest BCUT2D eigenvalue weighted by Crippen LogP contribution is -2.28. The van der Waals surface area contributed by atoms with Crippen molar-refractivity contribution in [1.29, 1.82) is 0 Å². The first-order valence-corrected chi connectivity index (χ1v) is 8.76. The molecule has 0 atom stereocenters. The lowest BCUT2D eigenvalue weighted by atomic mass is 9.99. The fraction of sp³-hybridized carbons (Fsp3) is 0.722. The summed E-state index contributed by atoms with van der Waals surface area (Å²) < 4.78 is 9.94. The molecular weight excluding hydrogens is 310 g/mol. The van der Waals surface area contributed by atoms with Crippen LogP contribution in [0.2, 0.25) is 0 Å². The van der Waals surface area contributed by atoms with E-state index in [0.29, 0.717) is 6.42 Å². The van der Waals surface area contributed by atoms with Gasteiger partial charge in [0.1, 0.15) is 7.11 Å². The first-order chi connectivity index (χ1) is 11.6. The molecule has 1 rings (SSSR count). The van der Waals surface area contributed by atoms with E-state index in [0.717, 1.165) is 44.2 Å². The maximum atomic E-state index is 11.9. The van der Waals surface area contributed by atoms with Crippen LogP contribution in [-0.4, -0.2) is 38.0 Å². The van der Waals surface area contributed by atoms with Crippen molar-refractivity contribution in [3.63, 3.8) is 0 Å². The van der Waals surface area contributed by atoms with Crippen molar-refractivity contribution in [3.05, 3.63) is 11.6 Å². The van der Waals surface area contributed by atoms with Crippen molar-refractivity contribution in [2.24, 2.45) is 11.1 Å². The van der Waals surface area contributed by atoms with E-state index in [9.17, 15) is 9.59 Å². The molecule has 6 nitrogen and oxygen atoms in total. The summed E-state index contributed by atoms with van der Waals surface area (Å²) in [4.78, 5) is 28.6. The van der Waals surface area contributed by atoms with E-state index in [1.807, 2.05) is 0 Å². The van der Waals surface area contributed by atoms with E-state index in [1.165, 1.54) is 5.57 Å². The summed E-state index contributed by atoms with van der Waals surface area (Å²) >= 11 is 0. The Hall–Kier alpha value is -1.85. The monoisotopic (exact) mass is 339 g/mol. The van der Waals surface area contributed by atoms with Crippen LogP contribution in [0.3, 0.4) is 0 Å². The third kappa shape index (κ3) is 6.72. The highest BCUT2D eigenvalue weighted by molar-refractivity contribution is 6.01. The van der Waals surface area contributed by atoms with Gasteiger partial charge >= 0.3 is 11.9 Å². The van der Waals surface area contributed by atoms with Crippen LogP contribution >= 0.6 is 0 Å². The average molecular weight is 339 g/mol. The molecular formula is C18H29NO5. The summed E-state index contributed by atoms with van der Waals surface area (Å²) in [5.74, 6) is -1.77. The van der Waals surface area contributed by atoms with Gasteiger partial charge in [-0.2, -0.15) is 0 Å². The normalized spacial score (nSPS) is 15.5.